The molecule has 2 heterocycles. The number of unbranched alkanes of at least 4 members (excludes halogenated alkanes) is 2. The molecule has 0 radical (unpaired) electrons. The van der Waals surface area contributed by atoms with Crippen molar-refractivity contribution in [2.45, 2.75) is 45.8 Å². The number of aliphatic hydroxyl groups is 1. The third-order valence-electron chi connectivity index (χ3n) is 6.21. The molecule has 10 heteroatoms. The Hall–Kier alpha value is -4.31. The number of benzene rings is 2. The van der Waals surface area contributed by atoms with Crippen molar-refractivity contribution >= 4 is 40.6 Å². The lowest BCUT2D eigenvalue weighted by Crippen LogP contribution is -2.35. The number of nitrogens with zero attached hydrogens (tertiary/aromatic N) is 4. The number of carbonyl (C=O) groups excluding carboxylic acids is 3. The summed E-state index contributed by atoms with van der Waals surface area (Å²) in [7, 11) is 0. The molecule has 2 aromatic carbocycles. The molecule has 204 valence electrons. The molecule has 1 amide bonds. The summed E-state index contributed by atoms with van der Waals surface area (Å²) in [5.41, 5.74) is 0.619. The summed E-state index contributed by atoms with van der Waals surface area (Å²) in [6.45, 7) is 4.30. The second kappa shape index (κ2) is 13.0. The number of anilines is 2. The molecule has 4 rings (SSSR count). The van der Waals surface area contributed by atoms with E-state index in [4.69, 9.17) is 9.47 Å². The molecule has 0 aromatic heterocycles. The van der Waals surface area contributed by atoms with Crippen molar-refractivity contribution < 1.29 is 29.0 Å². The van der Waals surface area contributed by atoms with E-state index >= 15 is 0 Å². The Morgan fingerprint density at radius 1 is 0.872 bits per heavy atom. The van der Waals surface area contributed by atoms with Crippen LogP contribution in [0.5, 0.6) is 0 Å². The van der Waals surface area contributed by atoms with Gasteiger partial charge in [0.2, 0.25) is 0 Å². The van der Waals surface area contributed by atoms with E-state index in [2.05, 4.69) is 10.2 Å². The molecular formula is C29H32N4O6. The molecule has 0 saturated heterocycles. The van der Waals surface area contributed by atoms with Gasteiger partial charge in [-0.25, -0.2) is 14.6 Å². The minimum Gasteiger partial charge on any atom is -0.461 e. The predicted octanol–water partition coefficient (Wildman–Crippen LogP) is 3.81. The van der Waals surface area contributed by atoms with Crippen LogP contribution in [-0.4, -0.2) is 53.8 Å². The first-order valence-corrected chi connectivity index (χ1v) is 13.1. The lowest BCUT2D eigenvalue weighted by molar-refractivity contribution is -0.136. The highest BCUT2D eigenvalue weighted by atomic mass is 16.5. The fraction of sp³-hybridized carbons (Fsp3) is 0.345. The van der Waals surface area contributed by atoms with Crippen LogP contribution in [-0.2, 0) is 23.9 Å². The number of ether oxygens (including phenoxy) is 2. The van der Waals surface area contributed by atoms with E-state index in [1.165, 1.54) is 11.1 Å². The number of hydrogen-bond donors (Lipinski definition) is 1. The summed E-state index contributed by atoms with van der Waals surface area (Å²) in [6.07, 6.45) is 2.99. The average molecular weight is 533 g/mol. The maximum Gasteiger partial charge on any atom is 0.359 e. The summed E-state index contributed by atoms with van der Waals surface area (Å²) < 4.78 is 10.8. The van der Waals surface area contributed by atoms with Crippen molar-refractivity contribution in [1.29, 1.82) is 0 Å². The molecular weight excluding hydrogens is 500 g/mol. The largest absolute Gasteiger partial charge is 0.461 e. The fourth-order valence-electron chi connectivity index (χ4n) is 4.07. The van der Waals surface area contributed by atoms with Gasteiger partial charge in [0, 0.05) is 0 Å². The number of hydrazone groups is 2. The smallest absolute Gasteiger partial charge is 0.359 e. The standard InChI is InChI=1S/C29H32N4O6/c1-3-5-17-38-28(36)24-22(26(34)32(30-24)20-13-9-7-10-14-20)19-23-25(29(37)39-18-6-4-2)31-33(27(23)35)21-15-11-8-12-16-21/h7-16,19,22,26,34H,3-6,17-18H2,1-2H3/b23-19-. The van der Waals surface area contributed by atoms with Crippen molar-refractivity contribution in [1.82, 2.24) is 0 Å². The summed E-state index contributed by atoms with van der Waals surface area (Å²) in [6, 6.07) is 17.5. The first kappa shape index (κ1) is 27.7. The molecule has 0 spiro atoms. The highest BCUT2D eigenvalue weighted by Gasteiger charge is 2.43. The van der Waals surface area contributed by atoms with Crippen molar-refractivity contribution in [3.63, 3.8) is 0 Å². The lowest BCUT2D eigenvalue weighted by Gasteiger charge is -2.21. The zero-order valence-electron chi connectivity index (χ0n) is 22.0. The quantitative estimate of drug-likeness (QED) is 0.265. The van der Waals surface area contributed by atoms with E-state index in [0.29, 0.717) is 24.2 Å². The van der Waals surface area contributed by atoms with Crippen molar-refractivity contribution in [2.75, 3.05) is 23.2 Å². The first-order valence-electron chi connectivity index (χ1n) is 13.1. The molecule has 0 fully saturated rings. The third kappa shape index (κ3) is 6.23. The SMILES string of the molecule is CCCCOC(=O)C1=NN(c2ccccc2)C(=O)/C1=C\C1C(C(=O)OCCCC)=NN(c2ccccc2)C1O. The zero-order valence-corrected chi connectivity index (χ0v) is 22.0. The summed E-state index contributed by atoms with van der Waals surface area (Å²) >= 11 is 0. The highest BCUT2D eigenvalue weighted by Crippen LogP contribution is 2.32. The number of hydrogen-bond acceptors (Lipinski definition) is 9. The van der Waals surface area contributed by atoms with Gasteiger partial charge in [-0.2, -0.15) is 15.2 Å². The van der Waals surface area contributed by atoms with Crippen molar-refractivity contribution in [3.8, 4) is 0 Å². The minimum atomic E-state index is -1.34. The van der Waals surface area contributed by atoms with Gasteiger partial charge in [0.25, 0.3) is 5.91 Å². The van der Waals surface area contributed by atoms with Crippen molar-refractivity contribution in [3.05, 3.63) is 72.3 Å². The number of rotatable bonds is 11. The van der Waals surface area contributed by atoms with E-state index in [-0.39, 0.29) is 30.2 Å². The third-order valence-corrected chi connectivity index (χ3v) is 6.21. The number of esters is 2. The average Bonchev–Trinajstić information content (AvgIpc) is 3.46. The van der Waals surface area contributed by atoms with Crippen LogP contribution < -0.4 is 10.0 Å². The van der Waals surface area contributed by atoms with Gasteiger partial charge in [0.05, 0.1) is 36.1 Å². The van der Waals surface area contributed by atoms with Gasteiger partial charge in [0.1, 0.15) is 0 Å². The monoisotopic (exact) mass is 532 g/mol. The maximum absolute atomic E-state index is 13.6. The van der Waals surface area contributed by atoms with Crippen LogP contribution in [0.1, 0.15) is 39.5 Å². The molecule has 2 aliphatic heterocycles. The van der Waals surface area contributed by atoms with E-state index < -0.39 is 30.0 Å². The van der Waals surface area contributed by atoms with E-state index in [1.807, 2.05) is 19.9 Å². The van der Waals surface area contributed by atoms with Crippen LogP contribution in [0.3, 0.4) is 0 Å². The summed E-state index contributed by atoms with van der Waals surface area (Å²) in [5, 5.41) is 22.4. The molecule has 10 nitrogen and oxygen atoms in total. The van der Waals surface area contributed by atoms with Crippen LogP contribution in [0.4, 0.5) is 11.4 Å². The van der Waals surface area contributed by atoms with Gasteiger partial charge in [-0.15, -0.1) is 0 Å². The molecule has 2 unspecified atom stereocenters. The van der Waals surface area contributed by atoms with Gasteiger partial charge in [-0.1, -0.05) is 69.2 Å². The van der Waals surface area contributed by atoms with Gasteiger partial charge in [-0.3, -0.25) is 4.79 Å². The lowest BCUT2D eigenvalue weighted by atomic mass is 9.96. The van der Waals surface area contributed by atoms with Crippen LogP contribution >= 0.6 is 0 Å². The Kier molecular flexibility index (Phi) is 9.22. The van der Waals surface area contributed by atoms with E-state index in [0.717, 1.165) is 17.9 Å². The van der Waals surface area contributed by atoms with Gasteiger partial charge < -0.3 is 14.6 Å². The Bertz CT molecular complexity index is 1280. The van der Waals surface area contributed by atoms with E-state index in [1.54, 1.807) is 54.6 Å². The Morgan fingerprint density at radius 2 is 1.44 bits per heavy atom. The topological polar surface area (TPSA) is 121 Å². The molecule has 0 aliphatic carbocycles. The van der Waals surface area contributed by atoms with Gasteiger partial charge >= 0.3 is 11.9 Å². The fourth-order valence-corrected chi connectivity index (χ4v) is 4.07. The highest BCUT2D eigenvalue weighted by molar-refractivity contribution is 6.53. The number of para-hydroxylation sites is 2. The molecule has 2 aromatic rings. The number of carbonyl (C=O) groups is 3. The molecule has 0 saturated carbocycles. The van der Waals surface area contributed by atoms with Crippen molar-refractivity contribution in [2.24, 2.45) is 16.1 Å². The normalized spacial score (nSPS) is 19.8. The maximum atomic E-state index is 13.6. The van der Waals surface area contributed by atoms with Crippen LogP contribution in [0.25, 0.3) is 0 Å². The minimum absolute atomic E-state index is 0.0837. The second-order valence-corrected chi connectivity index (χ2v) is 9.07. The Labute approximate surface area is 227 Å². The molecule has 39 heavy (non-hydrogen) atoms. The number of amides is 1. The summed E-state index contributed by atoms with van der Waals surface area (Å²) in [5.74, 6) is -3.15. The molecule has 2 atom stereocenters. The Balaban J connectivity index is 1.72. The van der Waals surface area contributed by atoms with Gasteiger partial charge in [-0.05, 0) is 37.1 Å². The van der Waals surface area contributed by atoms with E-state index in [9.17, 15) is 19.5 Å². The number of aliphatic hydroxyl groups excluding tert-OH is 1. The molecule has 2 aliphatic rings. The predicted molar refractivity (Wildman–Crippen MR) is 147 cm³/mol. The molecule has 0 bridgehead atoms. The van der Waals surface area contributed by atoms with Crippen LogP contribution in [0.2, 0.25) is 0 Å². The van der Waals surface area contributed by atoms with Crippen LogP contribution in [0.15, 0.2) is 82.5 Å². The first-order chi connectivity index (χ1) is 19.0. The van der Waals surface area contributed by atoms with Crippen LogP contribution in [0, 0.1) is 5.92 Å². The zero-order chi connectivity index (χ0) is 27.8. The van der Waals surface area contributed by atoms with Gasteiger partial charge in [0.15, 0.2) is 17.7 Å². The Morgan fingerprint density at radius 3 is 2.03 bits per heavy atom. The molecule has 1 N–H and O–H groups in total. The summed E-state index contributed by atoms with van der Waals surface area (Å²) in [4.78, 5) is 39.6. The second-order valence-electron chi connectivity index (χ2n) is 9.07.